The maximum atomic E-state index is 11.8. The third-order valence-electron chi connectivity index (χ3n) is 2.55. The molecule has 1 rings (SSSR count). The molecule has 1 unspecified atom stereocenters. The van der Waals surface area contributed by atoms with Crippen molar-refractivity contribution in [1.29, 1.82) is 0 Å². The van der Waals surface area contributed by atoms with Gasteiger partial charge in [0.1, 0.15) is 5.60 Å². The normalized spacial score (nSPS) is 24.9. The van der Waals surface area contributed by atoms with Crippen LogP contribution < -0.4 is 5.32 Å². The van der Waals surface area contributed by atoms with E-state index in [0.29, 0.717) is 13.0 Å². The molecule has 1 N–H and O–H groups in total. The van der Waals surface area contributed by atoms with Crippen LogP contribution in [0.4, 0.5) is 0 Å². The lowest BCUT2D eigenvalue weighted by Gasteiger charge is -2.30. The summed E-state index contributed by atoms with van der Waals surface area (Å²) in [5.74, 6) is -0.260. The Bertz CT molecular complexity index is 309. The summed E-state index contributed by atoms with van der Waals surface area (Å²) in [5, 5.41) is 6.64. The molecule has 0 bridgehead atoms. The first-order chi connectivity index (χ1) is 7.40. The first-order valence-corrected chi connectivity index (χ1v) is 5.35. The van der Waals surface area contributed by atoms with Gasteiger partial charge in [-0.1, -0.05) is 5.11 Å². The maximum Gasteiger partial charge on any atom is 0.311 e. The molecule has 0 aromatic carbocycles. The van der Waals surface area contributed by atoms with E-state index in [0.717, 1.165) is 6.54 Å². The van der Waals surface area contributed by atoms with Crippen LogP contribution >= 0.6 is 0 Å². The minimum atomic E-state index is -0.656. The number of ether oxygens (including phenoxy) is 1. The summed E-state index contributed by atoms with van der Waals surface area (Å²) in [6, 6.07) is 0. The summed E-state index contributed by atoms with van der Waals surface area (Å²) in [6.07, 6.45) is 0.688. The molecule has 1 heterocycles. The molecule has 90 valence electrons. The van der Waals surface area contributed by atoms with Crippen LogP contribution in [-0.4, -0.2) is 31.2 Å². The number of esters is 1. The van der Waals surface area contributed by atoms with Gasteiger partial charge < -0.3 is 10.1 Å². The highest BCUT2D eigenvalue weighted by atomic mass is 16.6. The number of carbonyl (C=O) groups is 1. The van der Waals surface area contributed by atoms with Crippen LogP contribution in [0.15, 0.2) is 5.11 Å². The van der Waals surface area contributed by atoms with Gasteiger partial charge in [0, 0.05) is 17.9 Å². The molecule has 6 nitrogen and oxygen atoms in total. The molecule has 1 aliphatic rings. The number of rotatable bonds is 3. The van der Waals surface area contributed by atoms with Crippen molar-refractivity contribution in [3.05, 3.63) is 10.4 Å². The Morgan fingerprint density at radius 1 is 1.62 bits per heavy atom. The number of nitrogens with zero attached hydrogens (tertiary/aromatic N) is 3. The predicted molar refractivity (Wildman–Crippen MR) is 59.8 cm³/mol. The van der Waals surface area contributed by atoms with Crippen LogP contribution in [0, 0.1) is 5.41 Å². The molecule has 0 aromatic rings. The van der Waals surface area contributed by atoms with Gasteiger partial charge in [0.25, 0.3) is 0 Å². The lowest BCUT2D eigenvalue weighted by Crippen LogP contribution is -2.43. The van der Waals surface area contributed by atoms with Gasteiger partial charge in [-0.2, -0.15) is 0 Å². The van der Waals surface area contributed by atoms with Crippen molar-refractivity contribution >= 4 is 5.97 Å². The van der Waals surface area contributed by atoms with Gasteiger partial charge in [0.15, 0.2) is 0 Å². The van der Waals surface area contributed by atoms with Crippen LogP contribution in [0.1, 0.15) is 27.2 Å². The predicted octanol–water partition coefficient (Wildman–Crippen LogP) is 1.62. The molecule has 0 spiro atoms. The fourth-order valence-corrected chi connectivity index (χ4v) is 1.49. The van der Waals surface area contributed by atoms with E-state index in [4.69, 9.17) is 10.3 Å². The lowest BCUT2D eigenvalue weighted by atomic mass is 9.96. The lowest BCUT2D eigenvalue weighted by molar-refractivity contribution is -0.166. The average Bonchev–Trinajstić information content (AvgIpc) is 2.62. The number of azide groups is 1. The number of hydrogen-bond acceptors (Lipinski definition) is 4. The standard InChI is InChI=1S/C10H18N4O2/c1-9(2,3)8(15)16-10(7-13-14-11)4-5-12-6-10/h12H,4-7H2,1-3H3. The van der Waals surface area contributed by atoms with Crippen LogP contribution in [0.3, 0.4) is 0 Å². The monoisotopic (exact) mass is 226 g/mol. The minimum absolute atomic E-state index is 0.193. The largest absolute Gasteiger partial charge is 0.457 e. The Balaban J connectivity index is 2.72. The first kappa shape index (κ1) is 12.8. The van der Waals surface area contributed by atoms with Gasteiger partial charge in [-0.3, -0.25) is 4.79 Å². The first-order valence-electron chi connectivity index (χ1n) is 5.35. The minimum Gasteiger partial charge on any atom is -0.457 e. The highest BCUT2D eigenvalue weighted by Crippen LogP contribution is 2.25. The zero-order valence-electron chi connectivity index (χ0n) is 9.99. The number of nitrogens with one attached hydrogen (secondary N) is 1. The van der Waals surface area contributed by atoms with Gasteiger partial charge in [0.2, 0.25) is 0 Å². The van der Waals surface area contributed by atoms with Crippen molar-refractivity contribution in [2.24, 2.45) is 10.5 Å². The zero-order valence-corrected chi connectivity index (χ0v) is 9.99. The van der Waals surface area contributed by atoms with Crippen LogP contribution in [0.25, 0.3) is 10.4 Å². The molecule has 0 aromatic heterocycles. The van der Waals surface area contributed by atoms with E-state index in [1.165, 1.54) is 0 Å². The van der Waals surface area contributed by atoms with Crippen molar-refractivity contribution in [2.75, 3.05) is 19.6 Å². The molecule has 1 atom stereocenters. The van der Waals surface area contributed by atoms with E-state index >= 15 is 0 Å². The Kier molecular flexibility index (Phi) is 3.78. The van der Waals surface area contributed by atoms with Gasteiger partial charge in [-0.25, -0.2) is 0 Å². The van der Waals surface area contributed by atoms with Crippen molar-refractivity contribution in [2.45, 2.75) is 32.8 Å². The number of hydrogen-bond donors (Lipinski definition) is 1. The quantitative estimate of drug-likeness (QED) is 0.343. The van der Waals surface area contributed by atoms with E-state index in [1.54, 1.807) is 20.8 Å². The third-order valence-corrected chi connectivity index (χ3v) is 2.55. The Morgan fingerprint density at radius 2 is 2.31 bits per heavy atom. The Hall–Kier alpha value is -1.26. The third kappa shape index (κ3) is 3.12. The van der Waals surface area contributed by atoms with E-state index < -0.39 is 11.0 Å². The molecule has 1 fully saturated rings. The summed E-state index contributed by atoms with van der Waals surface area (Å²) < 4.78 is 5.50. The van der Waals surface area contributed by atoms with Gasteiger partial charge in [-0.15, -0.1) is 0 Å². The van der Waals surface area contributed by atoms with Gasteiger partial charge in [-0.05, 0) is 32.8 Å². The molecule has 1 aliphatic heterocycles. The van der Waals surface area contributed by atoms with E-state index in [1.807, 2.05) is 0 Å². The second-order valence-corrected chi connectivity index (χ2v) is 5.14. The van der Waals surface area contributed by atoms with E-state index in [2.05, 4.69) is 15.3 Å². The summed E-state index contributed by atoms with van der Waals surface area (Å²) in [4.78, 5) is 14.5. The molecular weight excluding hydrogens is 208 g/mol. The molecule has 6 heteroatoms. The van der Waals surface area contributed by atoms with E-state index in [-0.39, 0.29) is 12.5 Å². The fraction of sp³-hybridized carbons (Fsp3) is 0.900. The summed E-state index contributed by atoms with van der Waals surface area (Å²) in [5.41, 5.74) is 7.14. The topological polar surface area (TPSA) is 87.1 Å². The van der Waals surface area contributed by atoms with Crippen molar-refractivity contribution < 1.29 is 9.53 Å². The Labute approximate surface area is 95.0 Å². The molecule has 0 radical (unpaired) electrons. The highest BCUT2D eigenvalue weighted by Gasteiger charge is 2.39. The van der Waals surface area contributed by atoms with Crippen LogP contribution in [0.2, 0.25) is 0 Å². The molecule has 0 aliphatic carbocycles. The maximum absolute atomic E-state index is 11.8. The smallest absolute Gasteiger partial charge is 0.311 e. The fourth-order valence-electron chi connectivity index (χ4n) is 1.49. The van der Waals surface area contributed by atoms with Crippen molar-refractivity contribution in [3.8, 4) is 0 Å². The molecule has 16 heavy (non-hydrogen) atoms. The molecule has 0 saturated carbocycles. The summed E-state index contributed by atoms with van der Waals surface area (Å²) in [6.45, 7) is 6.93. The molecule has 1 saturated heterocycles. The highest BCUT2D eigenvalue weighted by molar-refractivity contribution is 5.75. The van der Waals surface area contributed by atoms with Crippen molar-refractivity contribution in [3.63, 3.8) is 0 Å². The van der Waals surface area contributed by atoms with Gasteiger partial charge in [0.05, 0.1) is 12.0 Å². The molecule has 0 amide bonds. The Morgan fingerprint density at radius 3 is 2.75 bits per heavy atom. The number of carbonyl (C=O) groups excluding carboxylic acids is 1. The average molecular weight is 226 g/mol. The summed E-state index contributed by atoms with van der Waals surface area (Å²) in [7, 11) is 0. The zero-order chi connectivity index (χ0) is 12.2. The SMILES string of the molecule is CC(C)(C)C(=O)OC1(CN=[N+]=[N-])CCNC1. The second kappa shape index (κ2) is 4.72. The summed E-state index contributed by atoms with van der Waals surface area (Å²) >= 11 is 0. The van der Waals surface area contributed by atoms with E-state index in [9.17, 15) is 4.79 Å². The van der Waals surface area contributed by atoms with Crippen molar-refractivity contribution in [1.82, 2.24) is 5.32 Å². The molecular formula is C10H18N4O2. The van der Waals surface area contributed by atoms with Crippen LogP contribution in [-0.2, 0) is 9.53 Å². The second-order valence-electron chi connectivity index (χ2n) is 5.14. The van der Waals surface area contributed by atoms with Crippen LogP contribution in [0.5, 0.6) is 0 Å². The van der Waals surface area contributed by atoms with Gasteiger partial charge >= 0.3 is 5.97 Å².